The summed E-state index contributed by atoms with van der Waals surface area (Å²) >= 11 is 0. The Bertz CT molecular complexity index is 489. The van der Waals surface area contributed by atoms with Crippen LogP contribution < -0.4 is 5.32 Å². The number of nitrogens with zero attached hydrogens (tertiary/aromatic N) is 3. The van der Waals surface area contributed by atoms with Crippen LogP contribution in [0.4, 0.5) is 0 Å². The molecule has 0 saturated heterocycles. The average molecular weight is 248 g/mol. The van der Waals surface area contributed by atoms with E-state index in [0.29, 0.717) is 6.54 Å². The van der Waals surface area contributed by atoms with Gasteiger partial charge in [-0.2, -0.15) is 5.10 Å². The van der Waals surface area contributed by atoms with Gasteiger partial charge in [0.25, 0.3) is 0 Å². The molecular formula is C13H20N4O. The maximum absolute atomic E-state index is 5.59. The third-order valence-electron chi connectivity index (χ3n) is 2.89. The summed E-state index contributed by atoms with van der Waals surface area (Å²) in [5.74, 6) is 2.86. The van der Waals surface area contributed by atoms with Gasteiger partial charge in [0.05, 0.1) is 12.6 Å². The summed E-state index contributed by atoms with van der Waals surface area (Å²) in [6.45, 7) is 7.77. The predicted octanol–water partition coefficient (Wildman–Crippen LogP) is 2.44. The number of nitrogens with one attached hydrogen (secondary N) is 1. The van der Waals surface area contributed by atoms with Gasteiger partial charge in [0.1, 0.15) is 23.7 Å². The minimum absolute atomic E-state index is 0.172. The fourth-order valence-corrected chi connectivity index (χ4v) is 1.85. The second-order valence-corrected chi connectivity index (χ2v) is 4.45. The lowest BCUT2D eigenvalue weighted by molar-refractivity contribution is 0.408. The number of aromatic nitrogens is 3. The van der Waals surface area contributed by atoms with Crippen LogP contribution in [-0.4, -0.2) is 14.8 Å². The van der Waals surface area contributed by atoms with Gasteiger partial charge in [-0.1, -0.05) is 6.92 Å². The lowest BCUT2D eigenvalue weighted by Gasteiger charge is -2.11. The maximum Gasteiger partial charge on any atom is 0.140 e. The molecule has 0 spiro atoms. The molecule has 2 aromatic heterocycles. The second-order valence-electron chi connectivity index (χ2n) is 4.45. The topological polar surface area (TPSA) is 55.9 Å². The molecule has 18 heavy (non-hydrogen) atoms. The SMILES string of the molecule is CCCn1ncnc1CNC(C)c1ccc(C)o1. The Morgan fingerprint density at radius 3 is 2.94 bits per heavy atom. The molecule has 5 heteroatoms. The highest BCUT2D eigenvalue weighted by molar-refractivity contribution is 5.09. The van der Waals surface area contributed by atoms with Gasteiger partial charge in [-0.15, -0.1) is 0 Å². The van der Waals surface area contributed by atoms with Gasteiger partial charge >= 0.3 is 0 Å². The Morgan fingerprint density at radius 2 is 2.28 bits per heavy atom. The maximum atomic E-state index is 5.59. The molecule has 0 fully saturated rings. The van der Waals surface area contributed by atoms with E-state index in [0.717, 1.165) is 30.3 Å². The molecular weight excluding hydrogens is 228 g/mol. The third-order valence-corrected chi connectivity index (χ3v) is 2.89. The molecule has 0 amide bonds. The van der Waals surface area contributed by atoms with Gasteiger partial charge in [-0.3, -0.25) is 0 Å². The van der Waals surface area contributed by atoms with Crippen molar-refractivity contribution < 1.29 is 4.42 Å². The molecule has 98 valence electrons. The molecule has 0 aromatic carbocycles. The van der Waals surface area contributed by atoms with E-state index in [9.17, 15) is 0 Å². The van der Waals surface area contributed by atoms with Crippen LogP contribution in [0.1, 0.15) is 43.7 Å². The number of hydrogen-bond donors (Lipinski definition) is 1. The Balaban J connectivity index is 1.92. The first kappa shape index (κ1) is 12.8. The highest BCUT2D eigenvalue weighted by atomic mass is 16.3. The van der Waals surface area contributed by atoms with E-state index >= 15 is 0 Å². The monoisotopic (exact) mass is 248 g/mol. The highest BCUT2D eigenvalue weighted by Crippen LogP contribution is 2.15. The van der Waals surface area contributed by atoms with Crippen LogP contribution in [0.25, 0.3) is 0 Å². The normalized spacial score (nSPS) is 12.8. The summed E-state index contributed by atoms with van der Waals surface area (Å²) in [5, 5.41) is 7.60. The van der Waals surface area contributed by atoms with Crippen molar-refractivity contribution in [1.82, 2.24) is 20.1 Å². The van der Waals surface area contributed by atoms with E-state index in [1.54, 1.807) is 6.33 Å². The molecule has 0 aliphatic rings. The van der Waals surface area contributed by atoms with Gasteiger partial charge in [-0.05, 0) is 32.4 Å². The number of aryl methyl sites for hydroxylation is 2. The van der Waals surface area contributed by atoms with E-state index in [1.165, 1.54) is 0 Å². The number of hydrogen-bond acceptors (Lipinski definition) is 4. The molecule has 5 nitrogen and oxygen atoms in total. The highest BCUT2D eigenvalue weighted by Gasteiger charge is 2.10. The van der Waals surface area contributed by atoms with E-state index in [1.807, 2.05) is 23.7 Å². The Hall–Kier alpha value is -1.62. The molecule has 2 heterocycles. The average Bonchev–Trinajstić information content (AvgIpc) is 2.96. The first-order valence-electron chi connectivity index (χ1n) is 6.37. The lowest BCUT2D eigenvalue weighted by Crippen LogP contribution is -2.20. The molecule has 2 rings (SSSR count). The standard InChI is InChI=1S/C13H20N4O/c1-4-7-17-13(15-9-16-17)8-14-11(3)12-6-5-10(2)18-12/h5-6,9,11,14H,4,7-8H2,1-3H3. The van der Waals surface area contributed by atoms with Crippen LogP contribution >= 0.6 is 0 Å². The Morgan fingerprint density at radius 1 is 1.44 bits per heavy atom. The van der Waals surface area contributed by atoms with Crippen molar-refractivity contribution in [3.8, 4) is 0 Å². The zero-order chi connectivity index (χ0) is 13.0. The number of furan rings is 1. The summed E-state index contributed by atoms with van der Waals surface area (Å²) in [5.41, 5.74) is 0. The first-order valence-corrected chi connectivity index (χ1v) is 6.37. The first-order chi connectivity index (χ1) is 8.70. The second kappa shape index (κ2) is 5.82. The summed E-state index contributed by atoms with van der Waals surface area (Å²) in [4.78, 5) is 4.26. The lowest BCUT2D eigenvalue weighted by atomic mass is 10.2. The third kappa shape index (κ3) is 2.98. The zero-order valence-electron chi connectivity index (χ0n) is 11.2. The van der Waals surface area contributed by atoms with E-state index in [2.05, 4.69) is 29.2 Å². The van der Waals surface area contributed by atoms with Crippen LogP contribution in [0, 0.1) is 6.92 Å². The summed E-state index contributed by atoms with van der Waals surface area (Å²) in [6.07, 6.45) is 2.66. The minimum Gasteiger partial charge on any atom is -0.465 e. The van der Waals surface area contributed by atoms with Crippen molar-refractivity contribution in [1.29, 1.82) is 0 Å². The molecule has 1 N–H and O–H groups in total. The van der Waals surface area contributed by atoms with Gasteiger partial charge in [0.2, 0.25) is 0 Å². The van der Waals surface area contributed by atoms with E-state index in [4.69, 9.17) is 4.42 Å². The molecule has 0 aliphatic carbocycles. The van der Waals surface area contributed by atoms with E-state index < -0.39 is 0 Å². The van der Waals surface area contributed by atoms with Gasteiger partial charge < -0.3 is 9.73 Å². The van der Waals surface area contributed by atoms with Crippen LogP contribution in [0.3, 0.4) is 0 Å². The van der Waals surface area contributed by atoms with Crippen molar-refractivity contribution >= 4 is 0 Å². The van der Waals surface area contributed by atoms with Crippen LogP contribution in [-0.2, 0) is 13.1 Å². The Labute approximate surface area is 107 Å². The van der Waals surface area contributed by atoms with Crippen LogP contribution in [0.15, 0.2) is 22.9 Å². The van der Waals surface area contributed by atoms with Crippen molar-refractivity contribution in [3.63, 3.8) is 0 Å². The quantitative estimate of drug-likeness (QED) is 0.853. The van der Waals surface area contributed by atoms with Crippen LogP contribution in [0.5, 0.6) is 0 Å². The smallest absolute Gasteiger partial charge is 0.140 e. The molecule has 0 bridgehead atoms. The van der Waals surface area contributed by atoms with Crippen molar-refractivity contribution in [2.75, 3.05) is 0 Å². The minimum atomic E-state index is 0.172. The zero-order valence-corrected chi connectivity index (χ0v) is 11.2. The Kier molecular flexibility index (Phi) is 4.15. The summed E-state index contributed by atoms with van der Waals surface area (Å²) in [6, 6.07) is 4.15. The molecule has 1 unspecified atom stereocenters. The van der Waals surface area contributed by atoms with Crippen molar-refractivity contribution in [2.45, 2.75) is 46.3 Å². The molecule has 1 atom stereocenters. The largest absolute Gasteiger partial charge is 0.465 e. The number of rotatable bonds is 6. The molecule has 0 aliphatic heterocycles. The molecule has 2 aromatic rings. The fourth-order valence-electron chi connectivity index (χ4n) is 1.85. The molecule has 0 saturated carbocycles. The molecule has 0 radical (unpaired) electrons. The van der Waals surface area contributed by atoms with Gasteiger partial charge in [0, 0.05) is 6.54 Å². The van der Waals surface area contributed by atoms with Gasteiger partial charge in [-0.25, -0.2) is 9.67 Å². The summed E-state index contributed by atoms with van der Waals surface area (Å²) in [7, 11) is 0. The fraction of sp³-hybridized carbons (Fsp3) is 0.538. The van der Waals surface area contributed by atoms with Crippen LogP contribution in [0.2, 0.25) is 0 Å². The predicted molar refractivity (Wildman–Crippen MR) is 69.0 cm³/mol. The summed E-state index contributed by atoms with van der Waals surface area (Å²) < 4.78 is 7.53. The van der Waals surface area contributed by atoms with Crippen molar-refractivity contribution in [3.05, 3.63) is 35.8 Å². The van der Waals surface area contributed by atoms with E-state index in [-0.39, 0.29) is 6.04 Å². The van der Waals surface area contributed by atoms with Gasteiger partial charge in [0.15, 0.2) is 0 Å². The van der Waals surface area contributed by atoms with Crippen molar-refractivity contribution in [2.24, 2.45) is 0 Å².